The summed E-state index contributed by atoms with van der Waals surface area (Å²) in [7, 11) is 0. The van der Waals surface area contributed by atoms with Gasteiger partial charge in [-0.05, 0) is 35.8 Å². The van der Waals surface area contributed by atoms with Crippen molar-refractivity contribution in [3.05, 3.63) is 71.3 Å². The Labute approximate surface area is 123 Å². The molecule has 2 aromatic carbocycles. The molecule has 0 aliphatic heterocycles. The highest BCUT2D eigenvalue weighted by molar-refractivity contribution is 7.98. The van der Waals surface area contributed by atoms with Crippen LogP contribution >= 0.6 is 11.8 Å². The van der Waals surface area contributed by atoms with E-state index in [4.69, 9.17) is 5.11 Å². The van der Waals surface area contributed by atoms with Crippen LogP contribution in [0.1, 0.15) is 16.7 Å². The molecule has 0 fully saturated rings. The molecule has 0 radical (unpaired) electrons. The van der Waals surface area contributed by atoms with Gasteiger partial charge in [0, 0.05) is 16.7 Å². The minimum Gasteiger partial charge on any atom is -0.478 e. The maximum atomic E-state index is 10.5. The van der Waals surface area contributed by atoms with Gasteiger partial charge in [0.1, 0.15) is 0 Å². The van der Waals surface area contributed by atoms with E-state index in [9.17, 15) is 4.79 Å². The highest BCUT2D eigenvalue weighted by atomic mass is 32.2. The first kappa shape index (κ1) is 14.4. The minimum absolute atomic E-state index is 0.875. The Bertz CT molecular complexity index is 632. The number of carboxylic acids is 1. The Morgan fingerprint density at radius 3 is 2.75 bits per heavy atom. The molecule has 0 saturated carbocycles. The molecule has 3 heteroatoms. The summed E-state index contributed by atoms with van der Waals surface area (Å²) < 4.78 is 0. The zero-order valence-corrected chi connectivity index (χ0v) is 12.1. The molecular formula is C17H16O2S. The average molecular weight is 284 g/mol. The van der Waals surface area contributed by atoms with Crippen LogP contribution in [0.25, 0.3) is 6.08 Å². The summed E-state index contributed by atoms with van der Waals surface area (Å²) in [5.41, 5.74) is 3.38. The van der Waals surface area contributed by atoms with E-state index >= 15 is 0 Å². The summed E-state index contributed by atoms with van der Waals surface area (Å²) in [6.45, 7) is 2.11. The first-order chi connectivity index (χ1) is 9.65. The summed E-state index contributed by atoms with van der Waals surface area (Å²) in [4.78, 5) is 11.8. The molecule has 1 N–H and O–H groups in total. The molecule has 2 rings (SSSR count). The zero-order valence-electron chi connectivity index (χ0n) is 11.2. The third-order valence-electron chi connectivity index (χ3n) is 2.86. The Balaban J connectivity index is 2.05. The molecule has 0 unspecified atom stereocenters. The third kappa shape index (κ3) is 4.28. The molecule has 0 aromatic heterocycles. The van der Waals surface area contributed by atoms with Gasteiger partial charge >= 0.3 is 5.97 Å². The van der Waals surface area contributed by atoms with E-state index in [1.807, 2.05) is 30.3 Å². The Kier molecular flexibility index (Phi) is 5.02. The topological polar surface area (TPSA) is 37.3 Å². The molecular weight excluding hydrogens is 268 g/mol. The van der Waals surface area contributed by atoms with Crippen molar-refractivity contribution >= 4 is 23.8 Å². The first-order valence-electron chi connectivity index (χ1n) is 6.33. The lowest BCUT2D eigenvalue weighted by atomic mass is 10.1. The summed E-state index contributed by atoms with van der Waals surface area (Å²) >= 11 is 1.79. The largest absolute Gasteiger partial charge is 0.478 e. The van der Waals surface area contributed by atoms with Gasteiger partial charge in [-0.3, -0.25) is 0 Å². The maximum Gasteiger partial charge on any atom is 0.328 e. The van der Waals surface area contributed by atoms with Crippen LogP contribution in [0.2, 0.25) is 0 Å². The smallest absolute Gasteiger partial charge is 0.328 e. The Morgan fingerprint density at radius 1 is 1.20 bits per heavy atom. The van der Waals surface area contributed by atoms with Crippen molar-refractivity contribution in [3.63, 3.8) is 0 Å². The number of thioether (sulfide) groups is 1. The molecule has 2 nitrogen and oxygen atoms in total. The van der Waals surface area contributed by atoms with Crippen LogP contribution in [-0.2, 0) is 10.5 Å². The van der Waals surface area contributed by atoms with Crippen LogP contribution in [0.5, 0.6) is 0 Å². The highest BCUT2D eigenvalue weighted by Crippen LogP contribution is 2.26. The fourth-order valence-corrected chi connectivity index (χ4v) is 2.81. The van der Waals surface area contributed by atoms with Crippen molar-refractivity contribution < 1.29 is 9.90 Å². The van der Waals surface area contributed by atoms with Gasteiger partial charge < -0.3 is 5.11 Å². The number of hydrogen-bond donors (Lipinski definition) is 1. The lowest BCUT2D eigenvalue weighted by Gasteiger charge is -2.06. The second-order valence-corrected chi connectivity index (χ2v) is 5.49. The van der Waals surface area contributed by atoms with Crippen LogP contribution in [0.15, 0.2) is 59.5 Å². The number of carboxylic acid groups (broad SMARTS) is 1. The van der Waals surface area contributed by atoms with Gasteiger partial charge in [-0.2, -0.15) is 0 Å². The van der Waals surface area contributed by atoms with Crippen molar-refractivity contribution in [2.75, 3.05) is 0 Å². The van der Waals surface area contributed by atoms with E-state index in [1.54, 1.807) is 17.8 Å². The van der Waals surface area contributed by atoms with Gasteiger partial charge in [0.05, 0.1) is 0 Å². The second-order valence-electron chi connectivity index (χ2n) is 4.47. The van der Waals surface area contributed by atoms with E-state index in [1.165, 1.54) is 16.0 Å². The molecule has 20 heavy (non-hydrogen) atoms. The number of aryl methyl sites for hydroxylation is 1. The summed E-state index contributed by atoms with van der Waals surface area (Å²) in [6, 6.07) is 16.2. The van der Waals surface area contributed by atoms with Crippen LogP contribution in [0.3, 0.4) is 0 Å². The fraction of sp³-hybridized carbons (Fsp3) is 0.118. The molecule has 102 valence electrons. The molecule has 0 bridgehead atoms. The van der Waals surface area contributed by atoms with Crippen molar-refractivity contribution in [2.45, 2.75) is 17.6 Å². The third-order valence-corrected chi connectivity index (χ3v) is 4.10. The maximum absolute atomic E-state index is 10.5. The monoisotopic (exact) mass is 284 g/mol. The molecule has 0 spiro atoms. The molecule has 0 saturated heterocycles. The van der Waals surface area contributed by atoms with E-state index in [0.29, 0.717) is 0 Å². The van der Waals surface area contributed by atoms with Gasteiger partial charge in [0.2, 0.25) is 0 Å². The molecule has 0 aliphatic carbocycles. The number of carbonyl (C=O) groups is 1. The predicted molar refractivity (Wildman–Crippen MR) is 83.9 cm³/mol. The van der Waals surface area contributed by atoms with Gasteiger partial charge in [0.15, 0.2) is 0 Å². The molecule has 0 aliphatic rings. The van der Waals surface area contributed by atoms with Crippen molar-refractivity contribution in [1.82, 2.24) is 0 Å². The minimum atomic E-state index is -0.926. The van der Waals surface area contributed by atoms with Crippen LogP contribution in [0, 0.1) is 6.92 Å². The summed E-state index contributed by atoms with van der Waals surface area (Å²) in [5, 5.41) is 8.64. The van der Waals surface area contributed by atoms with Crippen molar-refractivity contribution in [1.29, 1.82) is 0 Å². The van der Waals surface area contributed by atoms with Gasteiger partial charge in [-0.25, -0.2) is 4.79 Å². The second kappa shape index (κ2) is 6.96. The van der Waals surface area contributed by atoms with Gasteiger partial charge in [0.25, 0.3) is 0 Å². The molecule has 0 amide bonds. The normalized spacial score (nSPS) is 10.8. The predicted octanol–water partition coefficient (Wildman–Crippen LogP) is 4.39. The van der Waals surface area contributed by atoms with Gasteiger partial charge in [-0.1, -0.05) is 42.5 Å². The first-order valence-corrected chi connectivity index (χ1v) is 7.32. The summed E-state index contributed by atoms with van der Waals surface area (Å²) in [5.74, 6) is -0.0516. The molecule has 2 aromatic rings. The van der Waals surface area contributed by atoms with Crippen molar-refractivity contribution in [2.24, 2.45) is 0 Å². The standard InChI is InChI=1S/C17H16O2S/c1-13-5-2-3-8-16(13)20-12-15-7-4-6-14(11-15)9-10-17(18)19/h2-11H,12H2,1H3,(H,18,19). The molecule has 0 heterocycles. The van der Waals surface area contributed by atoms with Crippen LogP contribution in [-0.4, -0.2) is 11.1 Å². The van der Waals surface area contributed by atoms with E-state index in [2.05, 4.69) is 25.1 Å². The number of benzene rings is 2. The Hall–Kier alpha value is -2.00. The quantitative estimate of drug-likeness (QED) is 0.653. The van der Waals surface area contributed by atoms with E-state index in [-0.39, 0.29) is 0 Å². The average Bonchev–Trinajstić information content (AvgIpc) is 2.45. The summed E-state index contributed by atoms with van der Waals surface area (Å²) in [6.07, 6.45) is 2.78. The van der Waals surface area contributed by atoms with Crippen molar-refractivity contribution in [3.8, 4) is 0 Å². The van der Waals surface area contributed by atoms with E-state index in [0.717, 1.165) is 17.4 Å². The number of rotatable bonds is 5. The van der Waals surface area contributed by atoms with Crippen LogP contribution < -0.4 is 0 Å². The number of hydrogen-bond acceptors (Lipinski definition) is 2. The highest BCUT2D eigenvalue weighted by Gasteiger charge is 2.00. The zero-order chi connectivity index (χ0) is 14.4. The molecule has 0 atom stereocenters. The number of aliphatic carboxylic acids is 1. The van der Waals surface area contributed by atoms with E-state index < -0.39 is 5.97 Å². The lowest BCUT2D eigenvalue weighted by molar-refractivity contribution is -0.131. The van der Waals surface area contributed by atoms with Crippen LogP contribution in [0.4, 0.5) is 0 Å². The van der Waals surface area contributed by atoms with Gasteiger partial charge in [-0.15, -0.1) is 11.8 Å². The Morgan fingerprint density at radius 2 is 2.00 bits per heavy atom. The lowest BCUT2D eigenvalue weighted by Crippen LogP contribution is -1.87. The SMILES string of the molecule is Cc1ccccc1SCc1cccc(C=CC(=O)O)c1. The fourth-order valence-electron chi connectivity index (χ4n) is 1.83.